The molecule has 3 saturated heterocycles. The van der Waals surface area contributed by atoms with Gasteiger partial charge in [-0.1, -0.05) is 30.3 Å². The lowest BCUT2D eigenvalue weighted by molar-refractivity contribution is -0.137. The summed E-state index contributed by atoms with van der Waals surface area (Å²) in [6, 6.07) is 11.5. The number of nitrogens with two attached hydrogens (primary N) is 1. The predicted molar refractivity (Wildman–Crippen MR) is 190 cm³/mol. The Labute approximate surface area is 306 Å². The molecule has 1 spiro atoms. The number of fused-ring (bicyclic) bond motifs is 3. The van der Waals surface area contributed by atoms with E-state index >= 15 is 13.2 Å². The minimum absolute atomic E-state index is 0.0129. The SMILES string of the molecule is CN(Cc1cn(C)nc1OCc1ccccc1)c1nc(OC[C@@]23CCCN2C[C@H](F)C3)nc(N2CC3(C2)SCc2sc(N)c(C#N)c23)c1C(F)(F)F. The molecule has 52 heavy (non-hydrogen) atoms. The first-order chi connectivity index (χ1) is 24.9. The maximum Gasteiger partial charge on any atom is 0.423 e. The van der Waals surface area contributed by atoms with Gasteiger partial charge in [0.2, 0.25) is 5.88 Å². The minimum Gasteiger partial charge on any atom is -0.471 e. The lowest BCUT2D eigenvalue weighted by Gasteiger charge is -2.49. The van der Waals surface area contributed by atoms with Crippen molar-refractivity contribution in [3.05, 3.63) is 69.2 Å². The van der Waals surface area contributed by atoms with Crippen LogP contribution in [0.4, 0.5) is 34.2 Å². The van der Waals surface area contributed by atoms with Gasteiger partial charge in [0.25, 0.3) is 0 Å². The summed E-state index contributed by atoms with van der Waals surface area (Å²) in [5.41, 5.74) is 7.31. The van der Waals surface area contributed by atoms with Crippen molar-refractivity contribution in [3.63, 3.8) is 0 Å². The Morgan fingerprint density at radius 2 is 1.96 bits per heavy atom. The van der Waals surface area contributed by atoms with Gasteiger partial charge >= 0.3 is 12.2 Å². The lowest BCUT2D eigenvalue weighted by Crippen LogP contribution is -2.57. The minimum atomic E-state index is -4.84. The van der Waals surface area contributed by atoms with E-state index in [0.29, 0.717) is 40.7 Å². The van der Waals surface area contributed by atoms with Crippen LogP contribution in [0.5, 0.6) is 11.9 Å². The van der Waals surface area contributed by atoms with Crippen molar-refractivity contribution in [2.45, 2.75) is 60.8 Å². The largest absolute Gasteiger partial charge is 0.471 e. The lowest BCUT2D eigenvalue weighted by atomic mass is 9.88. The first-order valence-corrected chi connectivity index (χ1v) is 18.8. The first kappa shape index (κ1) is 34.8. The first-order valence-electron chi connectivity index (χ1n) is 17.0. The highest BCUT2D eigenvalue weighted by Crippen LogP contribution is 2.59. The predicted octanol–water partition coefficient (Wildman–Crippen LogP) is 5.88. The van der Waals surface area contributed by atoms with E-state index in [4.69, 9.17) is 15.2 Å². The number of thioether (sulfide) groups is 1. The van der Waals surface area contributed by atoms with Crippen LogP contribution in [-0.4, -0.2) is 76.2 Å². The van der Waals surface area contributed by atoms with Crippen molar-refractivity contribution in [1.82, 2.24) is 24.6 Å². The van der Waals surface area contributed by atoms with Crippen molar-refractivity contribution in [3.8, 4) is 18.0 Å². The molecule has 274 valence electrons. The average molecular weight is 756 g/mol. The van der Waals surface area contributed by atoms with Crippen LogP contribution in [0.2, 0.25) is 0 Å². The van der Waals surface area contributed by atoms with E-state index in [2.05, 4.69) is 26.0 Å². The maximum absolute atomic E-state index is 15.3. The zero-order valence-corrected chi connectivity index (χ0v) is 30.3. The number of rotatable bonds is 10. The number of thiophene rings is 1. The number of hydrogen-bond acceptors (Lipinski definition) is 12. The third-order valence-corrected chi connectivity index (χ3v) is 13.1. The number of halogens is 4. The van der Waals surface area contributed by atoms with Crippen LogP contribution in [0.3, 0.4) is 0 Å². The highest BCUT2D eigenvalue weighted by Gasteiger charge is 2.55. The third kappa shape index (κ3) is 6.07. The zero-order chi connectivity index (χ0) is 36.4. The Bertz CT molecular complexity index is 2030. The van der Waals surface area contributed by atoms with E-state index in [0.717, 1.165) is 35.4 Å². The standard InChI is InChI=1S/C35H37F4N9O2S2/c1-45(13-22-14-46(2)44-31(22)49-16-21-7-4-3-5-8-21)29-27(35(37,38)39)30(43-32(42-29)50-20-33-9-6-10-48(33)15-23(36)11-33)47-18-34(19-47)26-24(12-40)28(41)52-25(26)17-51-34/h3-5,7-8,14,23H,6,9-11,13,15-20,41H2,1-2H3/t23-,33+/m1/s1. The summed E-state index contributed by atoms with van der Waals surface area (Å²) in [6.45, 7) is 1.72. The summed E-state index contributed by atoms with van der Waals surface area (Å²) in [4.78, 5) is 14.9. The Morgan fingerprint density at radius 1 is 1.17 bits per heavy atom. The monoisotopic (exact) mass is 755 g/mol. The second-order valence-corrected chi connectivity index (χ2v) is 16.5. The van der Waals surface area contributed by atoms with Gasteiger partial charge in [0.1, 0.15) is 36.0 Å². The van der Waals surface area contributed by atoms with Crippen LogP contribution in [0.1, 0.15) is 52.0 Å². The molecule has 1 aromatic carbocycles. The number of anilines is 3. The second-order valence-electron chi connectivity index (χ2n) is 14.0. The molecule has 4 aliphatic heterocycles. The normalized spacial score (nSPS) is 21.9. The molecule has 7 heterocycles. The second kappa shape index (κ2) is 13.0. The molecule has 4 aromatic rings. The fraction of sp³-hybridized carbons (Fsp3) is 0.486. The quantitative estimate of drug-likeness (QED) is 0.196. The van der Waals surface area contributed by atoms with E-state index in [1.165, 1.54) is 23.3 Å². The molecule has 0 amide bonds. The number of alkyl halides is 4. The van der Waals surface area contributed by atoms with Crippen molar-refractivity contribution in [1.29, 1.82) is 5.26 Å². The van der Waals surface area contributed by atoms with Crippen molar-refractivity contribution < 1.29 is 27.0 Å². The summed E-state index contributed by atoms with van der Waals surface area (Å²) < 4.78 is 73.7. The Morgan fingerprint density at radius 3 is 2.71 bits per heavy atom. The highest BCUT2D eigenvalue weighted by molar-refractivity contribution is 8.00. The van der Waals surface area contributed by atoms with Gasteiger partial charge in [-0.05, 0) is 24.9 Å². The average Bonchev–Trinajstić information content (AvgIpc) is 3.88. The Hall–Kier alpha value is -4.27. The molecule has 17 heteroatoms. The topological polar surface area (TPSA) is 122 Å². The van der Waals surface area contributed by atoms with Crippen LogP contribution in [0, 0.1) is 11.3 Å². The van der Waals surface area contributed by atoms with Crippen LogP contribution >= 0.6 is 23.1 Å². The summed E-state index contributed by atoms with van der Waals surface area (Å²) in [6.07, 6.45) is -2.23. The number of nitrogen functional groups attached to an aromatic ring is 1. The molecule has 3 fully saturated rings. The molecule has 0 aliphatic carbocycles. The molecule has 0 radical (unpaired) electrons. The maximum atomic E-state index is 15.3. The number of nitriles is 1. The van der Waals surface area contributed by atoms with Gasteiger partial charge in [0, 0.05) is 62.5 Å². The molecule has 0 bridgehead atoms. The molecule has 3 aromatic heterocycles. The van der Waals surface area contributed by atoms with Gasteiger partial charge in [0.15, 0.2) is 11.6 Å². The van der Waals surface area contributed by atoms with Gasteiger partial charge in [0.05, 0.1) is 28.0 Å². The molecule has 0 saturated carbocycles. The van der Waals surface area contributed by atoms with Gasteiger partial charge in [-0.15, -0.1) is 28.2 Å². The molecule has 2 N–H and O–H groups in total. The summed E-state index contributed by atoms with van der Waals surface area (Å²) >= 11 is 2.97. The fourth-order valence-corrected chi connectivity index (χ4v) is 10.9. The fourth-order valence-electron chi connectivity index (χ4n) is 8.13. The number of nitrogens with zero attached hydrogens (tertiary/aromatic N) is 8. The van der Waals surface area contributed by atoms with Gasteiger partial charge < -0.3 is 25.0 Å². The highest BCUT2D eigenvalue weighted by atomic mass is 32.2. The van der Waals surface area contributed by atoms with Crippen LogP contribution < -0.4 is 25.0 Å². The number of ether oxygens (including phenoxy) is 2. The third-order valence-electron chi connectivity index (χ3n) is 10.5. The number of benzene rings is 1. The van der Waals surface area contributed by atoms with Crippen molar-refractivity contribution >= 4 is 39.7 Å². The van der Waals surface area contributed by atoms with Gasteiger partial charge in [-0.25, -0.2) is 4.39 Å². The molecular weight excluding hydrogens is 719 g/mol. The Balaban J connectivity index is 1.14. The van der Waals surface area contributed by atoms with E-state index in [9.17, 15) is 9.65 Å². The zero-order valence-electron chi connectivity index (χ0n) is 28.6. The Kier molecular flexibility index (Phi) is 8.69. The number of aromatic nitrogens is 4. The van der Waals surface area contributed by atoms with Crippen LogP contribution in [0.15, 0.2) is 36.5 Å². The van der Waals surface area contributed by atoms with Crippen molar-refractivity contribution in [2.75, 3.05) is 55.4 Å². The number of aryl methyl sites for hydroxylation is 1. The molecule has 4 aliphatic rings. The number of hydrogen-bond donors (Lipinski definition) is 1. The van der Waals surface area contributed by atoms with E-state index in [-0.39, 0.29) is 50.5 Å². The van der Waals surface area contributed by atoms with Gasteiger partial charge in [-0.3, -0.25) is 9.58 Å². The molecule has 0 unspecified atom stereocenters. The van der Waals surface area contributed by atoms with Crippen LogP contribution in [0.25, 0.3) is 0 Å². The summed E-state index contributed by atoms with van der Waals surface area (Å²) in [7, 11) is 3.25. The smallest absolute Gasteiger partial charge is 0.423 e. The molecule has 2 atom stereocenters. The van der Waals surface area contributed by atoms with E-state index in [1.54, 1.807) is 34.6 Å². The van der Waals surface area contributed by atoms with Crippen molar-refractivity contribution in [2.24, 2.45) is 7.05 Å². The molecule has 8 rings (SSSR count). The molecule has 11 nitrogen and oxygen atoms in total. The summed E-state index contributed by atoms with van der Waals surface area (Å²) in [5.74, 6) is 0.260. The van der Waals surface area contributed by atoms with E-state index < -0.39 is 28.2 Å². The molecular formula is C35H37F4N9O2S2. The van der Waals surface area contributed by atoms with Crippen LogP contribution in [-0.2, 0) is 36.9 Å². The summed E-state index contributed by atoms with van der Waals surface area (Å²) in [5, 5.41) is 14.7. The van der Waals surface area contributed by atoms with Gasteiger partial charge in [-0.2, -0.15) is 28.4 Å². The van der Waals surface area contributed by atoms with E-state index in [1.807, 2.05) is 30.3 Å².